The SMILES string of the molecule is CCCNc1cc([N+](=O)[O-])cc(NC(C)C(CO)SC)n1. The second kappa shape index (κ2) is 8.68. The summed E-state index contributed by atoms with van der Waals surface area (Å²) in [5, 5.41) is 26.4. The fourth-order valence-electron chi connectivity index (χ4n) is 1.80. The number of pyridine rings is 1. The lowest BCUT2D eigenvalue weighted by molar-refractivity contribution is -0.384. The minimum Gasteiger partial charge on any atom is -0.395 e. The number of anilines is 2. The van der Waals surface area contributed by atoms with Gasteiger partial charge in [0.2, 0.25) is 0 Å². The van der Waals surface area contributed by atoms with E-state index in [2.05, 4.69) is 15.6 Å². The second-order valence-electron chi connectivity index (χ2n) is 4.67. The van der Waals surface area contributed by atoms with Crippen LogP contribution in [0.15, 0.2) is 12.1 Å². The Hall–Kier alpha value is -1.54. The van der Waals surface area contributed by atoms with Gasteiger partial charge < -0.3 is 15.7 Å². The summed E-state index contributed by atoms with van der Waals surface area (Å²) in [6, 6.07) is 2.77. The molecular formula is C13H22N4O3S. The highest BCUT2D eigenvalue weighted by molar-refractivity contribution is 7.99. The molecule has 0 bridgehead atoms. The van der Waals surface area contributed by atoms with Gasteiger partial charge >= 0.3 is 0 Å². The second-order valence-corrected chi connectivity index (χ2v) is 5.75. The van der Waals surface area contributed by atoms with Gasteiger partial charge in [-0.25, -0.2) is 4.98 Å². The van der Waals surface area contributed by atoms with Gasteiger partial charge in [-0.1, -0.05) is 6.92 Å². The third-order valence-electron chi connectivity index (χ3n) is 2.99. The molecule has 0 saturated carbocycles. The van der Waals surface area contributed by atoms with Crippen molar-refractivity contribution in [1.29, 1.82) is 0 Å². The molecule has 1 heterocycles. The number of aliphatic hydroxyl groups excluding tert-OH is 1. The minimum atomic E-state index is -0.438. The lowest BCUT2D eigenvalue weighted by atomic mass is 10.2. The highest BCUT2D eigenvalue weighted by atomic mass is 32.2. The zero-order chi connectivity index (χ0) is 15.8. The minimum absolute atomic E-state index is 0.00175. The summed E-state index contributed by atoms with van der Waals surface area (Å²) in [5.41, 5.74) is -0.0111. The molecule has 3 N–H and O–H groups in total. The van der Waals surface area contributed by atoms with Gasteiger partial charge in [0.25, 0.3) is 5.69 Å². The molecule has 118 valence electrons. The highest BCUT2D eigenvalue weighted by Crippen LogP contribution is 2.22. The van der Waals surface area contributed by atoms with Crippen molar-refractivity contribution in [2.45, 2.75) is 31.6 Å². The Morgan fingerprint density at radius 2 is 2.14 bits per heavy atom. The number of thioether (sulfide) groups is 1. The van der Waals surface area contributed by atoms with Gasteiger partial charge in [0, 0.05) is 17.8 Å². The maximum Gasteiger partial charge on any atom is 0.276 e. The molecule has 0 aliphatic rings. The lowest BCUT2D eigenvalue weighted by Gasteiger charge is -2.22. The topological polar surface area (TPSA) is 100 Å². The van der Waals surface area contributed by atoms with Crippen LogP contribution in [-0.2, 0) is 0 Å². The standard InChI is InChI=1S/C13H22N4O3S/c1-4-5-14-12-6-10(17(19)20)7-13(16-12)15-9(2)11(8-18)21-3/h6-7,9,11,18H,4-5,8H2,1-3H3,(H2,14,15,16). The maximum absolute atomic E-state index is 11.0. The van der Waals surface area contributed by atoms with Crippen LogP contribution in [0.3, 0.4) is 0 Å². The summed E-state index contributed by atoms with van der Waals surface area (Å²) in [5.74, 6) is 0.910. The number of aromatic nitrogens is 1. The molecule has 1 aromatic heterocycles. The predicted molar refractivity (Wildman–Crippen MR) is 87.1 cm³/mol. The Morgan fingerprint density at radius 1 is 1.48 bits per heavy atom. The number of aliphatic hydroxyl groups is 1. The molecule has 0 amide bonds. The summed E-state index contributed by atoms with van der Waals surface area (Å²) in [6.45, 7) is 4.66. The number of hydrogen-bond acceptors (Lipinski definition) is 7. The highest BCUT2D eigenvalue weighted by Gasteiger charge is 2.17. The first kappa shape index (κ1) is 17.5. The number of nitrogens with one attached hydrogen (secondary N) is 2. The van der Waals surface area contributed by atoms with E-state index < -0.39 is 4.92 Å². The van der Waals surface area contributed by atoms with Crippen LogP contribution >= 0.6 is 11.8 Å². The van der Waals surface area contributed by atoms with Crippen molar-refractivity contribution < 1.29 is 10.0 Å². The molecule has 2 atom stereocenters. The molecule has 7 nitrogen and oxygen atoms in total. The average molecular weight is 314 g/mol. The largest absolute Gasteiger partial charge is 0.395 e. The van der Waals surface area contributed by atoms with E-state index in [1.165, 1.54) is 23.9 Å². The lowest BCUT2D eigenvalue weighted by Crippen LogP contribution is -2.31. The Kier molecular flexibility index (Phi) is 7.24. The average Bonchev–Trinajstić information content (AvgIpc) is 2.46. The van der Waals surface area contributed by atoms with Crippen LogP contribution in [0.4, 0.5) is 17.3 Å². The number of hydrogen-bond donors (Lipinski definition) is 3. The molecule has 0 fully saturated rings. The molecule has 0 saturated heterocycles. The molecule has 2 unspecified atom stereocenters. The third kappa shape index (κ3) is 5.39. The molecular weight excluding hydrogens is 292 g/mol. The van der Waals surface area contributed by atoms with E-state index in [0.717, 1.165) is 6.42 Å². The van der Waals surface area contributed by atoms with Gasteiger partial charge in [-0.2, -0.15) is 11.8 Å². The fraction of sp³-hybridized carbons (Fsp3) is 0.615. The maximum atomic E-state index is 11.0. The molecule has 0 aromatic carbocycles. The fourth-order valence-corrected chi connectivity index (χ4v) is 2.43. The van der Waals surface area contributed by atoms with E-state index in [0.29, 0.717) is 18.2 Å². The van der Waals surface area contributed by atoms with Gasteiger partial charge in [-0.15, -0.1) is 0 Å². The van der Waals surface area contributed by atoms with E-state index in [-0.39, 0.29) is 23.6 Å². The van der Waals surface area contributed by atoms with Crippen LogP contribution in [0, 0.1) is 10.1 Å². The van der Waals surface area contributed by atoms with Gasteiger partial charge in [0.15, 0.2) is 0 Å². The first-order valence-electron chi connectivity index (χ1n) is 6.82. The summed E-state index contributed by atoms with van der Waals surface area (Å²) in [6.07, 6.45) is 2.82. The van der Waals surface area contributed by atoms with Crippen molar-refractivity contribution >= 4 is 29.1 Å². The summed E-state index contributed by atoms with van der Waals surface area (Å²) < 4.78 is 0. The van der Waals surface area contributed by atoms with Crippen LogP contribution in [0.2, 0.25) is 0 Å². The summed E-state index contributed by atoms with van der Waals surface area (Å²) >= 11 is 1.54. The Morgan fingerprint density at radius 3 is 2.67 bits per heavy atom. The third-order valence-corrected chi connectivity index (χ3v) is 4.16. The van der Waals surface area contributed by atoms with E-state index >= 15 is 0 Å². The molecule has 0 aliphatic carbocycles. The summed E-state index contributed by atoms with van der Waals surface area (Å²) in [7, 11) is 0. The van der Waals surface area contributed by atoms with Crippen molar-refractivity contribution in [3.63, 3.8) is 0 Å². The van der Waals surface area contributed by atoms with Crippen molar-refractivity contribution in [3.05, 3.63) is 22.2 Å². The molecule has 1 aromatic rings. The van der Waals surface area contributed by atoms with Crippen LogP contribution in [0.25, 0.3) is 0 Å². The van der Waals surface area contributed by atoms with E-state index in [9.17, 15) is 15.2 Å². The van der Waals surface area contributed by atoms with Crippen LogP contribution in [-0.4, -0.2) is 45.7 Å². The normalized spacial score (nSPS) is 13.5. The summed E-state index contributed by atoms with van der Waals surface area (Å²) in [4.78, 5) is 14.9. The number of nitrogens with zero attached hydrogens (tertiary/aromatic N) is 2. The molecule has 0 spiro atoms. The smallest absolute Gasteiger partial charge is 0.276 e. The zero-order valence-corrected chi connectivity index (χ0v) is 13.3. The van der Waals surface area contributed by atoms with Crippen LogP contribution in [0.1, 0.15) is 20.3 Å². The van der Waals surface area contributed by atoms with E-state index in [4.69, 9.17) is 0 Å². The first-order chi connectivity index (χ1) is 10.0. The van der Waals surface area contributed by atoms with Crippen molar-refractivity contribution in [1.82, 2.24) is 4.98 Å². The zero-order valence-electron chi connectivity index (χ0n) is 12.5. The molecule has 1 rings (SSSR count). The molecule has 8 heteroatoms. The monoisotopic (exact) mass is 314 g/mol. The Bertz CT molecular complexity index is 469. The van der Waals surface area contributed by atoms with E-state index in [1.54, 1.807) is 0 Å². The van der Waals surface area contributed by atoms with Crippen LogP contribution in [0.5, 0.6) is 0 Å². The first-order valence-corrected chi connectivity index (χ1v) is 8.11. The Balaban J connectivity index is 2.94. The van der Waals surface area contributed by atoms with Gasteiger partial charge in [-0.05, 0) is 19.6 Å². The predicted octanol–water partition coefficient (Wildman–Crippen LogP) is 2.34. The number of rotatable bonds is 9. The van der Waals surface area contributed by atoms with Crippen LogP contribution < -0.4 is 10.6 Å². The molecule has 21 heavy (non-hydrogen) atoms. The van der Waals surface area contributed by atoms with Gasteiger partial charge in [0.1, 0.15) is 11.6 Å². The van der Waals surface area contributed by atoms with Gasteiger partial charge in [-0.3, -0.25) is 10.1 Å². The van der Waals surface area contributed by atoms with Crippen molar-refractivity contribution in [2.24, 2.45) is 0 Å². The van der Waals surface area contributed by atoms with Crippen molar-refractivity contribution in [3.8, 4) is 0 Å². The quantitative estimate of drug-likeness (QED) is 0.475. The Labute approximate surface area is 128 Å². The number of nitro groups is 1. The van der Waals surface area contributed by atoms with E-state index in [1.807, 2.05) is 20.1 Å². The molecule has 0 radical (unpaired) electrons. The van der Waals surface area contributed by atoms with Gasteiger partial charge in [0.05, 0.1) is 23.7 Å². The molecule has 0 aliphatic heterocycles. The van der Waals surface area contributed by atoms with Crippen molar-refractivity contribution in [2.75, 3.05) is 30.0 Å².